The van der Waals surface area contributed by atoms with Crippen LogP contribution in [0.4, 0.5) is 0 Å². The first-order valence-corrected chi connectivity index (χ1v) is 6.46. The molecule has 11 heteroatoms. The maximum atomic E-state index is 12.4. The van der Waals surface area contributed by atoms with E-state index in [-0.39, 0.29) is 48.0 Å². The molecule has 0 aliphatic heterocycles. The monoisotopic (exact) mass is 322 g/mol. The number of amidine groups is 1. The van der Waals surface area contributed by atoms with Crippen LogP contribution in [-0.4, -0.2) is 44.7 Å². The Morgan fingerprint density at radius 2 is 2.26 bits per heavy atom. The number of carboxylic acids is 1. The lowest BCUT2D eigenvalue weighted by Crippen LogP contribution is -2.25. The van der Waals surface area contributed by atoms with Crippen molar-refractivity contribution in [3.8, 4) is 0 Å². The zero-order valence-electron chi connectivity index (χ0n) is 12.1. The number of azo groups is 1. The Morgan fingerprint density at radius 3 is 2.87 bits per heavy atom. The number of nitrogens with two attached hydrogens (primary N) is 1. The van der Waals surface area contributed by atoms with Crippen LogP contribution in [0.2, 0.25) is 0 Å². The van der Waals surface area contributed by atoms with Crippen molar-refractivity contribution in [2.75, 3.05) is 13.2 Å². The molecule has 0 amide bonds. The Bertz CT molecular complexity index is 849. The summed E-state index contributed by atoms with van der Waals surface area (Å²) in [6, 6.07) is 0. The van der Waals surface area contributed by atoms with Crippen molar-refractivity contribution in [1.82, 2.24) is 9.55 Å². The van der Waals surface area contributed by atoms with Gasteiger partial charge < -0.3 is 20.5 Å². The molecule has 0 saturated carbocycles. The second-order valence-corrected chi connectivity index (χ2v) is 4.43. The van der Waals surface area contributed by atoms with E-state index in [0.717, 1.165) is 4.57 Å². The van der Waals surface area contributed by atoms with Gasteiger partial charge in [-0.05, 0) is 6.92 Å². The highest BCUT2D eigenvalue weighted by atomic mass is 16.4. The lowest BCUT2D eigenvalue weighted by atomic mass is 10.2. The molecule has 0 aliphatic carbocycles. The van der Waals surface area contributed by atoms with Crippen molar-refractivity contribution in [3.63, 3.8) is 0 Å². The lowest BCUT2D eigenvalue weighted by molar-refractivity contribution is 0.0697. The molecule has 0 atom stereocenters. The number of nitrogens with zero attached hydrogens (tertiary/aromatic N) is 5. The highest BCUT2D eigenvalue weighted by Gasteiger charge is 2.22. The molecule has 2 aromatic rings. The predicted octanol–water partition coefficient (Wildman–Crippen LogP) is -0.287. The van der Waals surface area contributed by atoms with E-state index in [2.05, 4.69) is 20.3 Å². The molecule has 0 bridgehead atoms. The van der Waals surface area contributed by atoms with E-state index >= 15 is 0 Å². The molecular formula is C12H14N6O5. The lowest BCUT2D eigenvalue weighted by Gasteiger charge is -2.03. The van der Waals surface area contributed by atoms with Crippen LogP contribution in [0.1, 0.15) is 16.1 Å². The van der Waals surface area contributed by atoms with Crippen LogP contribution in [0, 0.1) is 6.92 Å². The fraction of sp³-hybridized carbons (Fsp3) is 0.333. The van der Waals surface area contributed by atoms with Gasteiger partial charge >= 0.3 is 5.97 Å². The number of carboxylic acid groups (broad SMARTS) is 1. The molecule has 0 saturated heterocycles. The molecule has 2 aromatic heterocycles. The van der Waals surface area contributed by atoms with Crippen molar-refractivity contribution in [2.45, 2.75) is 13.5 Å². The summed E-state index contributed by atoms with van der Waals surface area (Å²) in [7, 11) is 0. The van der Waals surface area contributed by atoms with Crippen molar-refractivity contribution in [1.29, 1.82) is 0 Å². The highest BCUT2D eigenvalue weighted by Crippen LogP contribution is 2.20. The van der Waals surface area contributed by atoms with Crippen LogP contribution >= 0.6 is 0 Å². The number of aryl methyl sites for hydroxylation is 1. The summed E-state index contributed by atoms with van der Waals surface area (Å²) in [5, 5.41) is 28.4. The minimum atomic E-state index is -1.28. The minimum absolute atomic E-state index is 0.0128. The van der Waals surface area contributed by atoms with Crippen LogP contribution in [0.5, 0.6) is 0 Å². The van der Waals surface area contributed by atoms with Gasteiger partial charge in [0, 0.05) is 0 Å². The first-order valence-electron chi connectivity index (χ1n) is 6.46. The molecule has 4 N–H and O–H groups in total. The average Bonchev–Trinajstić information content (AvgIpc) is 2.86. The van der Waals surface area contributed by atoms with Crippen molar-refractivity contribution in [2.24, 2.45) is 21.2 Å². The molecule has 2 heterocycles. The van der Waals surface area contributed by atoms with Gasteiger partial charge in [0.25, 0.3) is 5.56 Å². The molecule has 11 nitrogen and oxygen atoms in total. The van der Waals surface area contributed by atoms with Gasteiger partial charge in [0.2, 0.25) is 5.71 Å². The summed E-state index contributed by atoms with van der Waals surface area (Å²) >= 11 is 0. The van der Waals surface area contributed by atoms with E-state index in [1.807, 2.05) is 0 Å². The number of aliphatic hydroxyl groups excluding tert-OH is 1. The molecule has 0 aliphatic rings. The van der Waals surface area contributed by atoms with Crippen LogP contribution in [0.15, 0.2) is 30.9 Å². The van der Waals surface area contributed by atoms with Gasteiger partial charge in [-0.25, -0.2) is 9.78 Å². The normalized spacial score (nSPS) is 12.3. The number of aliphatic hydroxyl groups is 1. The first kappa shape index (κ1) is 16.3. The summed E-state index contributed by atoms with van der Waals surface area (Å²) in [6.07, 6.45) is 1.17. The Morgan fingerprint density at radius 1 is 1.52 bits per heavy atom. The quantitative estimate of drug-likeness (QED) is 0.223. The van der Waals surface area contributed by atoms with E-state index in [1.165, 1.54) is 13.3 Å². The smallest absolute Gasteiger partial charge is 0.340 e. The summed E-state index contributed by atoms with van der Waals surface area (Å²) < 4.78 is 6.27. The molecule has 0 aromatic carbocycles. The molecule has 2 rings (SSSR count). The number of aromatic carboxylic acids is 1. The van der Waals surface area contributed by atoms with Crippen LogP contribution in [0.25, 0.3) is 11.1 Å². The number of furan rings is 1. The van der Waals surface area contributed by atoms with E-state index < -0.39 is 11.5 Å². The standard InChI is InChI=1S/C12H14N6O5/c1-6-8(12(21)22)9-10(23-6)14-5-18(11(9)20)4-7(16-13)17-15-2-3-19/h5,19H,2-4,13H2,1H3,(H,21,22)/b16-7-,17-15?. The summed E-state index contributed by atoms with van der Waals surface area (Å²) in [6.45, 7) is 1.15. The number of rotatable bonds is 5. The largest absolute Gasteiger partial charge is 0.478 e. The summed E-state index contributed by atoms with van der Waals surface area (Å²) in [4.78, 5) is 27.6. The van der Waals surface area contributed by atoms with Gasteiger partial charge in [-0.15, -0.1) is 5.11 Å². The Hall–Kier alpha value is -3.08. The third-order valence-electron chi connectivity index (χ3n) is 2.92. The third-order valence-corrected chi connectivity index (χ3v) is 2.92. The Balaban J connectivity index is 2.47. The fourth-order valence-electron chi connectivity index (χ4n) is 1.93. The summed E-state index contributed by atoms with van der Waals surface area (Å²) in [5.74, 6) is 3.99. The molecule has 0 spiro atoms. The van der Waals surface area contributed by atoms with Gasteiger partial charge in [0.05, 0.1) is 19.7 Å². The minimum Gasteiger partial charge on any atom is -0.478 e. The van der Waals surface area contributed by atoms with Gasteiger partial charge in [0.15, 0.2) is 5.84 Å². The van der Waals surface area contributed by atoms with Crippen LogP contribution in [-0.2, 0) is 6.54 Å². The number of aromatic nitrogens is 2. The second kappa shape index (κ2) is 6.79. The van der Waals surface area contributed by atoms with E-state index in [0.29, 0.717) is 0 Å². The SMILES string of the molecule is Cc1oc2ncn(C/C(N=NCCO)=N/N)c(=O)c2c1C(=O)O. The van der Waals surface area contributed by atoms with Crippen molar-refractivity contribution in [3.05, 3.63) is 28.0 Å². The number of fused-ring (bicyclic) bond motifs is 1. The van der Waals surface area contributed by atoms with E-state index in [9.17, 15) is 14.7 Å². The average molecular weight is 322 g/mol. The molecular weight excluding hydrogens is 308 g/mol. The number of carbonyl (C=O) groups is 1. The maximum absolute atomic E-state index is 12.4. The van der Waals surface area contributed by atoms with Crippen LogP contribution in [0.3, 0.4) is 0 Å². The zero-order valence-corrected chi connectivity index (χ0v) is 12.1. The Kier molecular flexibility index (Phi) is 4.81. The second-order valence-electron chi connectivity index (χ2n) is 4.43. The number of hydrazone groups is 1. The Labute approximate surface area is 128 Å². The molecule has 0 unspecified atom stereocenters. The fourth-order valence-corrected chi connectivity index (χ4v) is 1.93. The molecule has 0 radical (unpaired) electrons. The summed E-state index contributed by atoms with van der Waals surface area (Å²) in [5.41, 5.74) is -0.919. The number of hydrogen-bond acceptors (Lipinski definition) is 8. The first-order chi connectivity index (χ1) is 11.0. The van der Waals surface area contributed by atoms with Crippen molar-refractivity contribution >= 4 is 22.9 Å². The van der Waals surface area contributed by atoms with E-state index in [1.54, 1.807) is 0 Å². The predicted molar refractivity (Wildman–Crippen MR) is 78.4 cm³/mol. The highest BCUT2D eigenvalue weighted by molar-refractivity contribution is 6.02. The van der Waals surface area contributed by atoms with Gasteiger partial charge in [-0.1, -0.05) is 0 Å². The molecule has 122 valence electrons. The molecule has 0 fully saturated rings. The van der Waals surface area contributed by atoms with Gasteiger partial charge in [-0.3, -0.25) is 9.36 Å². The van der Waals surface area contributed by atoms with Gasteiger partial charge in [0.1, 0.15) is 23.0 Å². The maximum Gasteiger partial charge on any atom is 0.340 e. The third kappa shape index (κ3) is 3.23. The number of hydrogen-bond donors (Lipinski definition) is 3. The van der Waals surface area contributed by atoms with Gasteiger partial charge in [-0.2, -0.15) is 10.2 Å². The van der Waals surface area contributed by atoms with Crippen LogP contribution < -0.4 is 11.4 Å². The topological polar surface area (TPSA) is 169 Å². The van der Waals surface area contributed by atoms with E-state index in [4.69, 9.17) is 15.4 Å². The molecule has 23 heavy (non-hydrogen) atoms. The van der Waals surface area contributed by atoms with Crippen molar-refractivity contribution < 1.29 is 19.4 Å². The zero-order chi connectivity index (χ0) is 17.0.